The SMILES string of the molecule is N#Cc1cc(C(N)C2CC2)c[nH]1. The van der Waals surface area contributed by atoms with Crippen molar-refractivity contribution in [1.82, 2.24) is 4.98 Å². The highest BCUT2D eigenvalue weighted by Crippen LogP contribution is 2.39. The van der Waals surface area contributed by atoms with Gasteiger partial charge in [-0.25, -0.2) is 0 Å². The molecule has 1 unspecified atom stereocenters. The smallest absolute Gasteiger partial charge is 0.117 e. The molecule has 1 aliphatic rings. The molecular formula is C9H11N3. The quantitative estimate of drug-likeness (QED) is 0.686. The molecule has 1 fully saturated rings. The van der Waals surface area contributed by atoms with Gasteiger partial charge in [-0.2, -0.15) is 5.26 Å². The van der Waals surface area contributed by atoms with E-state index in [1.54, 1.807) is 0 Å². The van der Waals surface area contributed by atoms with Crippen molar-refractivity contribution in [2.45, 2.75) is 18.9 Å². The maximum absolute atomic E-state index is 8.56. The van der Waals surface area contributed by atoms with E-state index in [4.69, 9.17) is 11.0 Å². The van der Waals surface area contributed by atoms with E-state index in [1.165, 1.54) is 12.8 Å². The molecule has 1 heterocycles. The summed E-state index contributed by atoms with van der Waals surface area (Å²) in [6.45, 7) is 0. The molecule has 2 rings (SSSR count). The average molecular weight is 161 g/mol. The van der Waals surface area contributed by atoms with Crippen LogP contribution >= 0.6 is 0 Å². The Hall–Kier alpha value is -1.27. The predicted molar refractivity (Wildman–Crippen MR) is 45.2 cm³/mol. The van der Waals surface area contributed by atoms with Gasteiger partial charge < -0.3 is 10.7 Å². The molecule has 62 valence electrons. The highest BCUT2D eigenvalue weighted by atomic mass is 14.7. The summed E-state index contributed by atoms with van der Waals surface area (Å²) >= 11 is 0. The van der Waals surface area contributed by atoms with Gasteiger partial charge >= 0.3 is 0 Å². The van der Waals surface area contributed by atoms with E-state index in [0.717, 1.165) is 5.56 Å². The number of H-pyrrole nitrogens is 1. The summed E-state index contributed by atoms with van der Waals surface area (Å²) in [7, 11) is 0. The van der Waals surface area contributed by atoms with Crippen molar-refractivity contribution < 1.29 is 0 Å². The minimum Gasteiger partial charge on any atom is -0.353 e. The van der Waals surface area contributed by atoms with E-state index in [9.17, 15) is 0 Å². The second-order valence-electron chi connectivity index (χ2n) is 3.32. The van der Waals surface area contributed by atoms with Crippen LogP contribution in [0.25, 0.3) is 0 Å². The number of nitrogens with two attached hydrogens (primary N) is 1. The van der Waals surface area contributed by atoms with E-state index in [-0.39, 0.29) is 6.04 Å². The number of aromatic amines is 1. The number of nitrogens with zero attached hydrogens (tertiary/aromatic N) is 1. The average Bonchev–Trinajstić information content (AvgIpc) is 2.82. The van der Waals surface area contributed by atoms with E-state index in [2.05, 4.69) is 11.1 Å². The summed E-state index contributed by atoms with van der Waals surface area (Å²) in [5.74, 6) is 0.646. The molecule has 0 bridgehead atoms. The first-order chi connectivity index (χ1) is 5.81. The largest absolute Gasteiger partial charge is 0.353 e. The Morgan fingerprint density at radius 3 is 2.92 bits per heavy atom. The second-order valence-corrected chi connectivity index (χ2v) is 3.32. The van der Waals surface area contributed by atoms with Crippen LogP contribution in [0.15, 0.2) is 12.3 Å². The van der Waals surface area contributed by atoms with Crippen molar-refractivity contribution in [3.63, 3.8) is 0 Å². The molecule has 12 heavy (non-hydrogen) atoms. The molecule has 1 atom stereocenters. The van der Waals surface area contributed by atoms with Crippen molar-refractivity contribution in [1.29, 1.82) is 5.26 Å². The fourth-order valence-corrected chi connectivity index (χ4v) is 1.40. The monoisotopic (exact) mass is 161 g/mol. The topological polar surface area (TPSA) is 65.6 Å². The summed E-state index contributed by atoms with van der Waals surface area (Å²) in [6.07, 6.45) is 4.30. The lowest BCUT2D eigenvalue weighted by Gasteiger charge is -2.05. The summed E-state index contributed by atoms with van der Waals surface area (Å²) in [4.78, 5) is 2.88. The molecule has 0 aliphatic heterocycles. The van der Waals surface area contributed by atoms with Gasteiger partial charge in [0, 0.05) is 12.2 Å². The Morgan fingerprint density at radius 1 is 1.67 bits per heavy atom. The predicted octanol–water partition coefficient (Wildman–Crippen LogP) is 1.30. The van der Waals surface area contributed by atoms with Crippen molar-refractivity contribution in [2.24, 2.45) is 11.7 Å². The molecular weight excluding hydrogens is 150 g/mol. The molecule has 1 aromatic rings. The first kappa shape index (κ1) is 7.38. The molecule has 1 aliphatic carbocycles. The summed E-state index contributed by atoms with van der Waals surface area (Å²) in [5.41, 5.74) is 7.60. The molecule has 1 saturated carbocycles. The van der Waals surface area contributed by atoms with Crippen LogP contribution in [0.3, 0.4) is 0 Å². The number of aromatic nitrogens is 1. The Balaban J connectivity index is 2.17. The lowest BCUT2D eigenvalue weighted by Crippen LogP contribution is -2.10. The third kappa shape index (κ3) is 1.21. The van der Waals surface area contributed by atoms with Crippen LogP contribution in [0.2, 0.25) is 0 Å². The fraction of sp³-hybridized carbons (Fsp3) is 0.444. The van der Waals surface area contributed by atoms with Gasteiger partial charge in [-0.3, -0.25) is 0 Å². The number of nitrogens with one attached hydrogen (secondary N) is 1. The Bertz CT molecular complexity index is 317. The van der Waals surface area contributed by atoms with Crippen molar-refractivity contribution in [2.75, 3.05) is 0 Å². The summed E-state index contributed by atoms with van der Waals surface area (Å²) < 4.78 is 0. The van der Waals surface area contributed by atoms with Gasteiger partial charge in [0.05, 0.1) is 0 Å². The minimum atomic E-state index is 0.128. The third-order valence-corrected chi connectivity index (χ3v) is 2.34. The van der Waals surface area contributed by atoms with Gasteiger partial charge in [0.2, 0.25) is 0 Å². The summed E-state index contributed by atoms with van der Waals surface area (Å²) in [5, 5.41) is 8.56. The zero-order chi connectivity index (χ0) is 8.55. The number of hydrogen-bond donors (Lipinski definition) is 2. The molecule has 3 heteroatoms. The van der Waals surface area contributed by atoms with Crippen molar-refractivity contribution >= 4 is 0 Å². The van der Waals surface area contributed by atoms with Crippen LogP contribution in [0, 0.1) is 17.2 Å². The van der Waals surface area contributed by atoms with Crippen LogP contribution in [0.1, 0.15) is 30.1 Å². The Morgan fingerprint density at radius 2 is 2.42 bits per heavy atom. The second kappa shape index (κ2) is 2.65. The van der Waals surface area contributed by atoms with Crippen LogP contribution < -0.4 is 5.73 Å². The highest BCUT2D eigenvalue weighted by molar-refractivity contribution is 5.29. The Kier molecular flexibility index (Phi) is 1.63. The number of rotatable bonds is 2. The Labute approximate surface area is 71.2 Å². The standard InChI is InChI=1S/C9H11N3/c10-4-8-3-7(5-12-8)9(11)6-1-2-6/h3,5-6,9,12H,1-2,11H2. The third-order valence-electron chi connectivity index (χ3n) is 2.34. The van der Waals surface area contributed by atoms with Crippen molar-refractivity contribution in [3.05, 3.63) is 23.5 Å². The molecule has 0 saturated heterocycles. The maximum Gasteiger partial charge on any atom is 0.117 e. The first-order valence-corrected chi connectivity index (χ1v) is 4.15. The molecule has 0 radical (unpaired) electrons. The van der Waals surface area contributed by atoms with Crippen LogP contribution in [0.5, 0.6) is 0 Å². The van der Waals surface area contributed by atoms with Gasteiger partial charge in [-0.15, -0.1) is 0 Å². The normalized spacial score (nSPS) is 18.7. The lowest BCUT2D eigenvalue weighted by molar-refractivity contribution is 0.634. The van der Waals surface area contributed by atoms with Gasteiger partial charge in [0.1, 0.15) is 11.8 Å². The van der Waals surface area contributed by atoms with E-state index in [1.807, 2.05) is 12.3 Å². The number of hydrogen-bond acceptors (Lipinski definition) is 2. The summed E-state index contributed by atoms with van der Waals surface area (Å²) in [6, 6.07) is 4.01. The molecule has 0 aromatic carbocycles. The van der Waals surface area contributed by atoms with E-state index in [0.29, 0.717) is 11.6 Å². The van der Waals surface area contributed by atoms with Crippen LogP contribution in [0.4, 0.5) is 0 Å². The molecule has 0 spiro atoms. The molecule has 3 nitrogen and oxygen atoms in total. The van der Waals surface area contributed by atoms with E-state index < -0.39 is 0 Å². The zero-order valence-electron chi connectivity index (χ0n) is 6.75. The van der Waals surface area contributed by atoms with Crippen molar-refractivity contribution in [3.8, 4) is 6.07 Å². The van der Waals surface area contributed by atoms with Gasteiger partial charge in [-0.1, -0.05) is 0 Å². The first-order valence-electron chi connectivity index (χ1n) is 4.15. The van der Waals surface area contributed by atoms with Crippen LogP contribution in [-0.2, 0) is 0 Å². The van der Waals surface area contributed by atoms with Crippen LogP contribution in [-0.4, -0.2) is 4.98 Å². The molecule has 3 N–H and O–H groups in total. The fourth-order valence-electron chi connectivity index (χ4n) is 1.40. The maximum atomic E-state index is 8.56. The van der Waals surface area contributed by atoms with Gasteiger partial charge in [0.25, 0.3) is 0 Å². The lowest BCUT2D eigenvalue weighted by atomic mass is 10.1. The minimum absolute atomic E-state index is 0.128. The molecule has 1 aromatic heterocycles. The molecule has 0 amide bonds. The van der Waals surface area contributed by atoms with Gasteiger partial charge in [-0.05, 0) is 30.4 Å². The van der Waals surface area contributed by atoms with Gasteiger partial charge in [0.15, 0.2) is 0 Å². The highest BCUT2D eigenvalue weighted by Gasteiger charge is 2.29. The zero-order valence-corrected chi connectivity index (χ0v) is 6.75. The van der Waals surface area contributed by atoms with E-state index >= 15 is 0 Å². The number of nitriles is 1.